The van der Waals surface area contributed by atoms with Gasteiger partial charge in [-0.25, -0.2) is 0 Å². The molecule has 0 aliphatic carbocycles. The van der Waals surface area contributed by atoms with Crippen LogP contribution in [0.4, 0.5) is 0 Å². The molecular weight excluding hydrogens is 260 g/mol. The van der Waals surface area contributed by atoms with Gasteiger partial charge in [-0.15, -0.1) is 0 Å². The maximum Gasteiger partial charge on any atom is 0.222 e. The molecule has 3 nitrogen and oxygen atoms in total. The van der Waals surface area contributed by atoms with Gasteiger partial charge in [-0.2, -0.15) is 0 Å². The number of benzene rings is 1. The summed E-state index contributed by atoms with van der Waals surface area (Å²) in [5.41, 5.74) is 4.83. The summed E-state index contributed by atoms with van der Waals surface area (Å²) in [6, 6.07) is 10.3. The molecule has 1 amide bonds. The van der Waals surface area contributed by atoms with Crippen LogP contribution >= 0.6 is 0 Å². The first-order chi connectivity index (χ1) is 10.1. The highest BCUT2D eigenvalue weighted by atomic mass is 16.2. The molecule has 0 spiro atoms. The number of carbonyl (C=O) groups is 1. The van der Waals surface area contributed by atoms with Crippen LogP contribution in [0.3, 0.4) is 0 Å². The van der Waals surface area contributed by atoms with Crippen LogP contribution in [0, 0.1) is 13.8 Å². The van der Waals surface area contributed by atoms with E-state index in [1.165, 1.54) is 16.7 Å². The maximum atomic E-state index is 12.2. The second-order valence-corrected chi connectivity index (χ2v) is 5.54. The molecule has 1 aromatic carbocycles. The van der Waals surface area contributed by atoms with Crippen LogP contribution in [-0.2, 0) is 17.8 Å². The lowest BCUT2D eigenvalue weighted by Gasteiger charge is -2.17. The average Bonchev–Trinajstić information content (AvgIpc) is 2.47. The number of amides is 1. The fourth-order valence-electron chi connectivity index (χ4n) is 2.41. The van der Waals surface area contributed by atoms with Crippen LogP contribution in [0.5, 0.6) is 0 Å². The monoisotopic (exact) mass is 282 g/mol. The van der Waals surface area contributed by atoms with Crippen molar-refractivity contribution >= 4 is 5.91 Å². The van der Waals surface area contributed by atoms with Crippen LogP contribution in [0.15, 0.2) is 42.7 Å². The minimum atomic E-state index is 0.166. The largest absolute Gasteiger partial charge is 0.341 e. The topological polar surface area (TPSA) is 33.2 Å². The zero-order valence-electron chi connectivity index (χ0n) is 13.0. The molecule has 0 saturated carbocycles. The minimum Gasteiger partial charge on any atom is -0.341 e. The number of pyridine rings is 1. The van der Waals surface area contributed by atoms with Crippen molar-refractivity contribution in [1.29, 1.82) is 0 Å². The van der Waals surface area contributed by atoms with Crippen molar-refractivity contribution in [3.05, 3.63) is 65.0 Å². The van der Waals surface area contributed by atoms with Crippen molar-refractivity contribution in [3.8, 4) is 0 Å². The number of hydrogen-bond donors (Lipinski definition) is 0. The normalized spacial score (nSPS) is 10.4. The van der Waals surface area contributed by atoms with Crippen molar-refractivity contribution in [1.82, 2.24) is 9.88 Å². The highest BCUT2D eigenvalue weighted by Crippen LogP contribution is 2.13. The molecule has 0 N–H and O–H groups in total. The number of nitrogens with zero attached hydrogens (tertiary/aromatic N) is 2. The van der Waals surface area contributed by atoms with Gasteiger partial charge in [-0.3, -0.25) is 9.78 Å². The number of carbonyl (C=O) groups excluding carboxylic acids is 1. The van der Waals surface area contributed by atoms with E-state index < -0.39 is 0 Å². The van der Waals surface area contributed by atoms with Gasteiger partial charge in [-0.05, 0) is 43.0 Å². The lowest BCUT2D eigenvalue weighted by molar-refractivity contribution is -0.130. The first-order valence-corrected chi connectivity index (χ1v) is 7.25. The lowest BCUT2D eigenvalue weighted by atomic mass is 10.0. The Hall–Kier alpha value is -2.16. The smallest absolute Gasteiger partial charge is 0.222 e. The summed E-state index contributed by atoms with van der Waals surface area (Å²) in [4.78, 5) is 18.0. The average molecular weight is 282 g/mol. The Bertz CT molecular complexity index is 608. The first kappa shape index (κ1) is 15.2. The molecule has 2 aromatic rings. The third kappa shape index (κ3) is 4.42. The van der Waals surface area contributed by atoms with Crippen LogP contribution in [0.1, 0.15) is 28.7 Å². The van der Waals surface area contributed by atoms with E-state index in [1.54, 1.807) is 17.3 Å². The third-order valence-electron chi connectivity index (χ3n) is 3.67. The first-order valence-electron chi connectivity index (χ1n) is 7.25. The van der Waals surface area contributed by atoms with Gasteiger partial charge in [0.25, 0.3) is 0 Å². The molecule has 21 heavy (non-hydrogen) atoms. The Morgan fingerprint density at radius 2 is 2.05 bits per heavy atom. The summed E-state index contributed by atoms with van der Waals surface area (Å²) in [5, 5.41) is 0. The maximum absolute atomic E-state index is 12.2. The summed E-state index contributed by atoms with van der Waals surface area (Å²) < 4.78 is 0. The molecule has 0 fully saturated rings. The van der Waals surface area contributed by atoms with Gasteiger partial charge >= 0.3 is 0 Å². The predicted molar refractivity (Wildman–Crippen MR) is 84.9 cm³/mol. The molecule has 110 valence electrons. The van der Waals surface area contributed by atoms with Crippen LogP contribution in [0.2, 0.25) is 0 Å². The van der Waals surface area contributed by atoms with Crippen LogP contribution < -0.4 is 0 Å². The van der Waals surface area contributed by atoms with Gasteiger partial charge in [0.2, 0.25) is 5.91 Å². The molecule has 0 saturated heterocycles. The van der Waals surface area contributed by atoms with Crippen molar-refractivity contribution < 1.29 is 4.79 Å². The fourth-order valence-corrected chi connectivity index (χ4v) is 2.41. The molecule has 3 heteroatoms. The van der Waals surface area contributed by atoms with Gasteiger partial charge in [0.05, 0.1) is 0 Å². The zero-order chi connectivity index (χ0) is 15.2. The van der Waals surface area contributed by atoms with Crippen molar-refractivity contribution in [2.24, 2.45) is 0 Å². The number of aromatic nitrogens is 1. The fraction of sp³-hybridized carbons (Fsp3) is 0.333. The molecule has 1 aromatic heterocycles. The van der Waals surface area contributed by atoms with Gasteiger partial charge in [-0.1, -0.05) is 29.8 Å². The predicted octanol–water partition coefficient (Wildman–Crippen LogP) is 3.29. The minimum absolute atomic E-state index is 0.166. The quantitative estimate of drug-likeness (QED) is 0.843. The van der Waals surface area contributed by atoms with E-state index in [-0.39, 0.29) is 5.91 Å². The number of rotatable bonds is 5. The van der Waals surface area contributed by atoms with Gasteiger partial charge in [0.15, 0.2) is 0 Å². The number of hydrogen-bond acceptors (Lipinski definition) is 2. The van der Waals surface area contributed by atoms with Gasteiger partial charge in [0, 0.05) is 32.4 Å². The Labute approximate surface area is 126 Å². The van der Waals surface area contributed by atoms with E-state index in [1.807, 2.05) is 19.2 Å². The molecule has 0 radical (unpaired) electrons. The zero-order valence-corrected chi connectivity index (χ0v) is 13.0. The second kappa shape index (κ2) is 7.02. The molecule has 2 rings (SSSR count). The molecule has 0 bridgehead atoms. The summed E-state index contributed by atoms with van der Waals surface area (Å²) in [6.07, 6.45) is 4.88. The Balaban J connectivity index is 1.89. The van der Waals surface area contributed by atoms with E-state index in [0.717, 1.165) is 12.0 Å². The van der Waals surface area contributed by atoms with Gasteiger partial charge < -0.3 is 4.90 Å². The Morgan fingerprint density at radius 1 is 1.24 bits per heavy atom. The van der Waals surface area contributed by atoms with E-state index in [4.69, 9.17) is 0 Å². The van der Waals surface area contributed by atoms with Crippen LogP contribution in [-0.4, -0.2) is 22.8 Å². The molecule has 0 aliphatic heterocycles. The molecule has 0 unspecified atom stereocenters. The van der Waals surface area contributed by atoms with E-state index >= 15 is 0 Å². The summed E-state index contributed by atoms with van der Waals surface area (Å²) in [6.45, 7) is 4.80. The molecule has 0 aliphatic rings. The van der Waals surface area contributed by atoms with E-state index in [0.29, 0.717) is 13.0 Å². The Morgan fingerprint density at radius 3 is 2.71 bits per heavy atom. The SMILES string of the molecule is Cc1ccc(CCC(=O)N(C)Cc2cccnc2)c(C)c1. The molecule has 1 heterocycles. The van der Waals surface area contributed by atoms with Gasteiger partial charge in [0.1, 0.15) is 0 Å². The highest BCUT2D eigenvalue weighted by molar-refractivity contribution is 5.76. The Kier molecular flexibility index (Phi) is 5.09. The second-order valence-electron chi connectivity index (χ2n) is 5.54. The molecule has 0 atom stereocenters. The highest BCUT2D eigenvalue weighted by Gasteiger charge is 2.10. The summed E-state index contributed by atoms with van der Waals surface area (Å²) in [5.74, 6) is 0.166. The third-order valence-corrected chi connectivity index (χ3v) is 3.67. The molecular formula is C18H22N2O. The standard InChI is InChI=1S/C18H22N2O/c1-14-6-7-17(15(2)11-14)8-9-18(21)20(3)13-16-5-4-10-19-12-16/h4-7,10-12H,8-9,13H2,1-3H3. The van der Waals surface area contributed by atoms with Crippen molar-refractivity contribution in [2.45, 2.75) is 33.2 Å². The lowest BCUT2D eigenvalue weighted by Crippen LogP contribution is -2.26. The number of aryl methyl sites for hydroxylation is 3. The summed E-state index contributed by atoms with van der Waals surface area (Å²) >= 11 is 0. The summed E-state index contributed by atoms with van der Waals surface area (Å²) in [7, 11) is 1.84. The van der Waals surface area contributed by atoms with Crippen molar-refractivity contribution in [3.63, 3.8) is 0 Å². The van der Waals surface area contributed by atoms with Crippen LogP contribution in [0.25, 0.3) is 0 Å². The van der Waals surface area contributed by atoms with Crippen molar-refractivity contribution in [2.75, 3.05) is 7.05 Å². The van der Waals surface area contributed by atoms with E-state index in [2.05, 4.69) is 37.0 Å². The van der Waals surface area contributed by atoms with E-state index in [9.17, 15) is 4.79 Å².